The lowest BCUT2D eigenvalue weighted by Crippen LogP contribution is -2.35. The molecule has 0 radical (unpaired) electrons. The van der Waals surface area contributed by atoms with E-state index >= 15 is 0 Å². The van der Waals surface area contributed by atoms with Crippen molar-refractivity contribution < 1.29 is 19.5 Å². The molecule has 4 aromatic rings. The standard InChI is InChI=1S/C31H24ClNO4/c1-19-6-5-9-22(16-19)23-10-11-24-18-33(37)29(21-12-14-25(32)15-13-21)28(30(34)26(24)17-23)27(31(35)36)20-7-3-2-4-8-20/h2-17,27-29H,18H2,1H3/p+1. The van der Waals surface area contributed by atoms with Crippen LogP contribution in [0.1, 0.15) is 44.6 Å². The number of fused-ring (bicyclic) bond motifs is 1. The van der Waals surface area contributed by atoms with Gasteiger partial charge in [0, 0.05) is 31.4 Å². The normalized spacial score (nSPS) is 18.1. The highest BCUT2D eigenvalue weighted by Crippen LogP contribution is 2.43. The summed E-state index contributed by atoms with van der Waals surface area (Å²) in [5.41, 5.74) is 4.84. The Morgan fingerprint density at radius 1 is 0.919 bits per heavy atom. The number of rotatable bonds is 5. The minimum absolute atomic E-state index is 0.0416. The molecule has 5 nitrogen and oxygen atoms in total. The van der Waals surface area contributed by atoms with Crippen LogP contribution in [0.5, 0.6) is 0 Å². The summed E-state index contributed by atoms with van der Waals surface area (Å²) in [6.45, 7) is 1.96. The van der Waals surface area contributed by atoms with Gasteiger partial charge in [0.05, 0.1) is 5.92 Å². The molecule has 0 fully saturated rings. The topological polar surface area (TPSA) is 74.5 Å². The molecule has 0 amide bonds. The van der Waals surface area contributed by atoms with Crippen LogP contribution in [0.15, 0.2) is 97.1 Å². The van der Waals surface area contributed by atoms with Crippen molar-refractivity contribution in [3.63, 3.8) is 0 Å². The minimum Gasteiger partial charge on any atom is -0.481 e. The second-order valence-electron chi connectivity index (χ2n) is 9.43. The van der Waals surface area contributed by atoms with E-state index in [1.807, 2.05) is 37.3 Å². The number of halogens is 1. The van der Waals surface area contributed by atoms with Crippen molar-refractivity contribution in [2.75, 3.05) is 0 Å². The summed E-state index contributed by atoms with van der Waals surface area (Å²) < 4.78 is 0.836. The number of aliphatic carboxylic acids is 1. The molecule has 0 aliphatic carbocycles. The Kier molecular flexibility index (Phi) is 6.72. The average Bonchev–Trinajstić information content (AvgIpc) is 2.99. The molecule has 1 N–H and O–H groups in total. The van der Waals surface area contributed by atoms with Gasteiger partial charge in [-0.2, -0.15) is 0 Å². The van der Waals surface area contributed by atoms with E-state index in [1.165, 1.54) is 0 Å². The zero-order valence-corrected chi connectivity index (χ0v) is 20.9. The third kappa shape index (κ3) is 4.83. The van der Waals surface area contributed by atoms with Crippen LogP contribution in [0.3, 0.4) is 0 Å². The lowest BCUT2D eigenvalue weighted by atomic mass is 9.75. The zero-order chi connectivity index (χ0) is 26.1. The Morgan fingerprint density at radius 3 is 2.30 bits per heavy atom. The number of aryl methyl sites for hydroxylation is 1. The average molecular weight is 511 g/mol. The summed E-state index contributed by atoms with van der Waals surface area (Å²) in [7, 11) is 0. The predicted octanol–water partition coefficient (Wildman–Crippen LogP) is 7.02. The van der Waals surface area contributed by atoms with Gasteiger partial charge in [0.2, 0.25) is 12.6 Å². The van der Waals surface area contributed by atoms with Crippen molar-refractivity contribution in [2.24, 2.45) is 5.92 Å². The molecule has 5 rings (SSSR count). The molecular weight excluding hydrogens is 486 g/mol. The molecule has 0 saturated carbocycles. The van der Waals surface area contributed by atoms with Crippen molar-refractivity contribution in [1.82, 2.24) is 0 Å². The van der Waals surface area contributed by atoms with Crippen LogP contribution in [-0.2, 0) is 11.3 Å². The van der Waals surface area contributed by atoms with Crippen LogP contribution in [0, 0.1) is 17.7 Å². The number of nitrogens with zero attached hydrogens (tertiary/aromatic N) is 1. The van der Waals surface area contributed by atoms with Crippen molar-refractivity contribution >= 4 is 23.4 Å². The molecule has 3 unspecified atom stereocenters. The Hall–Kier alpha value is -4.09. The van der Waals surface area contributed by atoms with Gasteiger partial charge in [-0.05, 0) is 41.8 Å². The molecule has 184 valence electrons. The molecule has 0 aromatic heterocycles. The summed E-state index contributed by atoms with van der Waals surface area (Å²) in [4.78, 5) is 40.8. The molecule has 4 aromatic carbocycles. The number of benzene rings is 4. The van der Waals surface area contributed by atoms with Gasteiger partial charge < -0.3 is 5.11 Å². The third-order valence-corrected chi connectivity index (χ3v) is 7.25. The van der Waals surface area contributed by atoms with Gasteiger partial charge in [0.1, 0.15) is 5.92 Å². The Morgan fingerprint density at radius 2 is 1.62 bits per heavy atom. The molecule has 37 heavy (non-hydrogen) atoms. The summed E-state index contributed by atoms with van der Waals surface area (Å²) in [5.74, 6) is -3.90. The van der Waals surface area contributed by atoms with Crippen LogP contribution < -0.4 is 0 Å². The fraction of sp³-hybridized carbons (Fsp3) is 0.161. The maximum absolute atomic E-state index is 14.3. The number of hydrogen-bond acceptors (Lipinski definition) is 3. The van der Waals surface area contributed by atoms with E-state index in [0.717, 1.165) is 21.5 Å². The Bertz CT molecular complexity index is 1500. The van der Waals surface area contributed by atoms with E-state index in [4.69, 9.17) is 11.6 Å². The Balaban J connectivity index is 1.71. The number of carboxylic acid groups (broad SMARTS) is 1. The summed E-state index contributed by atoms with van der Waals surface area (Å²) in [5, 5.41) is 10.9. The van der Waals surface area contributed by atoms with Crippen molar-refractivity contribution in [3.05, 3.63) is 135 Å². The first-order valence-corrected chi connectivity index (χ1v) is 12.4. The van der Waals surface area contributed by atoms with Gasteiger partial charge in [-0.3, -0.25) is 9.59 Å². The van der Waals surface area contributed by atoms with Crippen LogP contribution in [0.2, 0.25) is 5.02 Å². The lowest BCUT2D eigenvalue weighted by molar-refractivity contribution is -0.612. The molecule has 1 aliphatic heterocycles. The minimum atomic E-state index is -1.22. The molecule has 3 atom stereocenters. The van der Waals surface area contributed by atoms with Gasteiger partial charge >= 0.3 is 5.97 Å². The number of hydrogen-bond donors (Lipinski definition) is 1. The molecule has 1 aliphatic rings. The molecule has 0 bridgehead atoms. The van der Waals surface area contributed by atoms with Crippen LogP contribution in [0.4, 0.5) is 0 Å². The van der Waals surface area contributed by atoms with E-state index in [0.29, 0.717) is 27.3 Å². The largest absolute Gasteiger partial charge is 0.481 e. The molecule has 0 spiro atoms. The lowest BCUT2D eigenvalue weighted by Gasteiger charge is -2.25. The maximum atomic E-state index is 14.3. The highest BCUT2D eigenvalue weighted by Gasteiger charge is 2.51. The highest BCUT2D eigenvalue weighted by atomic mass is 35.5. The van der Waals surface area contributed by atoms with Crippen molar-refractivity contribution in [2.45, 2.75) is 25.4 Å². The van der Waals surface area contributed by atoms with Gasteiger partial charge in [-0.25, -0.2) is 0 Å². The van der Waals surface area contributed by atoms with E-state index in [2.05, 4.69) is 0 Å². The second-order valence-corrected chi connectivity index (χ2v) is 9.87. The van der Waals surface area contributed by atoms with Crippen LogP contribution in [-0.4, -0.2) is 21.6 Å². The fourth-order valence-corrected chi connectivity index (χ4v) is 5.37. The summed E-state index contributed by atoms with van der Waals surface area (Å²) in [6, 6.07) is 27.8. The molecule has 0 saturated heterocycles. The van der Waals surface area contributed by atoms with Crippen molar-refractivity contribution in [3.8, 4) is 11.1 Å². The Labute approximate surface area is 219 Å². The van der Waals surface area contributed by atoms with Crippen LogP contribution >= 0.6 is 11.6 Å². The summed E-state index contributed by atoms with van der Waals surface area (Å²) >= 11 is 6.10. The van der Waals surface area contributed by atoms with E-state index in [9.17, 15) is 19.6 Å². The first-order chi connectivity index (χ1) is 17.8. The second kappa shape index (κ2) is 10.1. The van der Waals surface area contributed by atoms with Crippen LogP contribution in [0.25, 0.3) is 11.1 Å². The van der Waals surface area contributed by atoms with E-state index < -0.39 is 23.8 Å². The van der Waals surface area contributed by atoms with E-state index in [1.54, 1.807) is 66.7 Å². The maximum Gasteiger partial charge on any atom is 0.312 e. The first-order valence-electron chi connectivity index (χ1n) is 12.0. The summed E-state index contributed by atoms with van der Waals surface area (Å²) in [6.07, 6.45) is 0. The number of nitroso groups, excluding NO2 is 1. The number of carboxylic acids is 1. The van der Waals surface area contributed by atoms with Gasteiger partial charge in [-0.1, -0.05) is 96.0 Å². The molecular formula is C31H25ClNO4+. The third-order valence-electron chi connectivity index (χ3n) is 7.00. The SMILES string of the molecule is Cc1cccc(-c2ccc3c(c2)C(=O)C(C(C(=O)O)c2ccccc2)C(c2ccc(Cl)cc2)[N+](=O)C3)c1. The quantitative estimate of drug-likeness (QED) is 0.293. The zero-order valence-electron chi connectivity index (χ0n) is 20.2. The van der Waals surface area contributed by atoms with Gasteiger partial charge in [-0.15, -0.1) is 0 Å². The molecule has 1 heterocycles. The van der Waals surface area contributed by atoms with Crippen molar-refractivity contribution in [1.29, 1.82) is 0 Å². The smallest absolute Gasteiger partial charge is 0.312 e. The highest BCUT2D eigenvalue weighted by molar-refractivity contribution is 6.30. The van der Waals surface area contributed by atoms with Gasteiger partial charge in [0.15, 0.2) is 5.78 Å². The fourth-order valence-electron chi connectivity index (χ4n) is 5.25. The predicted molar refractivity (Wildman–Crippen MR) is 143 cm³/mol. The van der Waals surface area contributed by atoms with E-state index in [-0.39, 0.29) is 12.3 Å². The number of Topliss-reactive ketones (excluding diaryl/α,β-unsaturated/α-hetero) is 1. The number of carbonyl (C=O) groups excluding carboxylic acids is 1. The molecule has 6 heteroatoms. The van der Waals surface area contributed by atoms with Gasteiger partial charge in [0.25, 0.3) is 0 Å². The first kappa shape index (κ1) is 24.6. The number of ketones is 1. The monoisotopic (exact) mass is 510 g/mol. The number of carbonyl (C=O) groups is 2.